The molecule has 0 aliphatic rings. The molecule has 1 aromatic carbocycles. The Morgan fingerprint density at radius 3 is 2.40 bits per heavy atom. The number of carbonyl (C=O) groups excluding carboxylic acids is 1. The summed E-state index contributed by atoms with van der Waals surface area (Å²) < 4.78 is 60.2. The molecular weight excluding hydrogens is 367 g/mol. The number of nitrogens with one attached hydrogen (secondary N) is 2. The topological polar surface area (TPSA) is 118 Å². The lowest BCUT2D eigenvalue weighted by molar-refractivity contribution is -0.384. The highest BCUT2D eigenvalue weighted by molar-refractivity contribution is 7.92. The number of nitro groups is 1. The van der Waals surface area contributed by atoms with Gasteiger partial charge < -0.3 is 10.6 Å². The van der Waals surface area contributed by atoms with Gasteiger partial charge >= 0.3 is 5.51 Å². The molecule has 0 spiro atoms. The second-order valence-corrected chi connectivity index (χ2v) is 7.23. The lowest BCUT2D eigenvalue weighted by atomic mass is 10.2. The van der Waals surface area contributed by atoms with Crippen LogP contribution in [0.25, 0.3) is 0 Å². The summed E-state index contributed by atoms with van der Waals surface area (Å²) in [6.45, 7) is 3.47. The Morgan fingerprint density at radius 2 is 1.92 bits per heavy atom. The lowest BCUT2D eigenvalue weighted by Gasteiger charge is -2.11. The fraction of sp³-hybridized carbons (Fsp3) is 0.462. The molecular formula is C13H16F3N3O5S. The lowest BCUT2D eigenvalue weighted by Crippen LogP contribution is -2.31. The van der Waals surface area contributed by atoms with Gasteiger partial charge in [0.15, 0.2) is 0 Å². The number of hydrogen-bond donors (Lipinski definition) is 2. The van der Waals surface area contributed by atoms with Gasteiger partial charge in [-0.2, -0.15) is 13.2 Å². The van der Waals surface area contributed by atoms with Crippen LogP contribution >= 0.6 is 0 Å². The molecule has 1 aromatic rings. The number of alkyl halides is 3. The number of halogens is 3. The quantitative estimate of drug-likeness (QED) is 0.550. The van der Waals surface area contributed by atoms with Gasteiger partial charge in [-0.05, 0) is 26.0 Å². The molecule has 0 aromatic heterocycles. The van der Waals surface area contributed by atoms with Crippen molar-refractivity contribution in [2.45, 2.75) is 36.7 Å². The second-order valence-electron chi connectivity index (χ2n) is 5.28. The van der Waals surface area contributed by atoms with E-state index in [9.17, 15) is 36.5 Å². The average molecular weight is 383 g/mol. The molecule has 2 N–H and O–H groups in total. The number of anilines is 1. The minimum atomic E-state index is -5.69. The maximum Gasteiger partial charge on any atom is 0.501 e. The number of amides is 1. The average Bonchev–Trinajstić information content (AvgIpc) is 2.45. The first-order valence-corrected chi connectivity index (χ1v) is 8.47. The predicted octanol–water partition coefficient (Wildman–Crippen LogP) is 2.21. The highest BCUT2D eigenvalue weighted by Gasteiger charge is 2.47. The van der Waals surface area contributed by atoms with Crippen molar-refractivity contribution in [3.63, 3.8) is 0 Å². The zero-order chi connectivity index (χ0) is 19.4. The zero-order valence-corrected chi connectivity index (χ0v) is 14.1. The normalized spacial score (nSPS) is 12.1. The van der Waals surface area contributed by atoms with E-state index in [1.807, 2.05) is 0 Å². The summed E-state index contributed by atoms with van der Waals surface area (Å²) in [7, 11) is -5.69. The van der Waals surface area contributed by atoms with Crippen LogP contribution in [-0.4, -0.2) is 37.3 Å². The molecule has 0 unspecified atom stereocenters. The molecule has 0 saturated carbocycles. The van der Waals surface area contributed by atoms with Crippen LogP contribution in [0, 0.1) is 10.1 Å². The standard InChI is InChI=1S/C13H16F3N3O5S/c1-8(2)18-12(20)5-6-17-10-4-3-9(7-11(10)19(21)22)25(23,24)13(14,15)16/h3-4,7-8,17H,5-6H2,1-2H3,(H,18,20). The van der Waals surface area contributed by atoms with Gasteiger partial charge in [0.05, 0.1) is 9.82 Å². The molecule has 0 heterocycles. The number of hydrogen-bond acceptors (Lipinski definition) is 6. The summed E-state index contributed by atoms with van der Waals surface area (Å²) in [5.41, 5.74) is -6.59. The van der Waals surface area contributed by atoms with Gasteiger partial charge in [0.25, 0.3) is 15.5 Å². The van der Waals surface area contributed by atoms with Crippen molar-refractivity contribution in [2.75, 3.05) is 11.9 Å². The SMILES string of the molecule is CC(C)NC(=O)CCNc1ccc(S(=O)(=O)C(F)(F)F)cc1[N+](=O)[O-]. The minimum absolute atomic E-state index is 0.0231. The van der Waals surface area contributed by atoms with E-state index in [2.05, 4.69) is 10.6 Å². The molecule has 12 heteroatoms. The van der Waals surface area contributed by atoms with Crippen molar-refractivity contribution in [1.82, 2.24) is 5.32 Å². The molecule has 0 fully saturated rings. The van der Waals surface area contributed by atoms with E-state index in [-0.39, 0.29) is 30.6 Å². The van der Waals surface area contributed by atoms with Crippen LogP contribution in [0.2, 0.25) is 0 Å². The third kappa shape index (κ3) is 5.31. The number of sulfone groups is 1. The first-order valence-electron chi connectivity index (χ1n) is 6.99. The Hall–Kier alpha value is -2.37. The molecule has 140 valence electrons. The fourth-order valence-corrected chi connectivity index (χ4v) is 2.60. The molecule has 1 rings (SSSR count). The van der Waals surface area contributed by atoms with Crippen molar-refractivity contribution in [2.24, 2.45) is 0 Å². The molecule has 25 heavy (non-hydrogen) atoms. The molecule has 0 aliphatic heterocycles. The van der Waals surface area contributed by atoms with Crippen molar-refractivity contribution in [1.29, 1.82) is 0 Å². The van der Waals surface area contributed by atoms with Crippen LogP contribution in [-0.2, 0) is 14.6 Å². The Balaban J connectivity index is 3.00. The maximum atomic E-state index is 12.5. The Bertz CT molecular complexity index is 763. The Labute approximate surface area is 141 Å². The first-order chi connectivity index (χ1) is 11.4. The van der Waals surface area contributed by atoms with Gasteiger partial charge in [-0.3, -0.25) is 14.9 Å². The van der Waals surface area contributed by atoms with Crippen molar-refractivity contribution >= 4 is 27.1 Å². The Kier molecular flexibility index (Phi) is 6.35. The van der Waals surface area contributed by atoms with E-state index in [0.717, 1.165) is 6.07 Å². The number of carbonyl (C=O) groups is 1. The summed E-state index contributed by atoms with van der Waals surface area (Å²) in [5.74, 6) is -0.318. The summed E-state index contributed by atoms with van der Waals surface area (Å²) in [6.07, 6.45) is -0.0298. The summed E-state index contributed by atoms with van der Waals surface area (Å²) in [6, 6.07) is 1.72. The molecule has 0 bridgehead atoms. The number of nitrogens with zero attached hydrogens (tertiary/aromatic N) is 1. The molecule has 1 amide bonds. The summed E-state index contributed by atoms with van der Waals surface area (Å²) in [4.78, 5) is 20.2. The zero-order valence-electron chi connectivity index (χ0n) is 13.3. The highest BCUT2D eigenvalue weighted by Crippen LogP contribution is 2.34. The van der Waals surface area contributed by atoms with Crippen molar-refractivity contribution in [3.8, 4) is 0 Å². The summed E-state index contributed by atoms with van der Waals surface area (Å²) >= 11 is 0. The van der Waals surface area contributed by atoms with Gasteiger partial charge in [-0.25, -0.2) is 8.42 Å². The predicted molar refractivity (Wildman–Crippen MR) is 82.7 cm³/mol. The molecule has 0 aliphatic carbocycles. The van der Waals surface area contributed by atoms with E-state index >= 15 is 0 Å². The van der Waals surface area contributed by atoms with Crippen LogP contribution in [0.1, 0.15) is 20.3 Å². The van der Waals surface area contributed by atoms with Crippen LogP contribution in [0.5, 0.6) is 0 Å². The first kappa shape index (κ1) is 20.7. The third-order valence-electron chi connectivity index (χ3n) is 2.90. The van der Waals surface area contributed by atoms with Gasteiger partial charge in [-0.1, -0.05) is 0 Å². The third-order valence-corrected chi connectivity index (χ3v) is 4.38. The van der Waals surface area contributed by atoms with E-state index < -0.39 is 30.9 Å². The number of benzene rings is 1. The van der Waals surface area contributed by atoms with E-state index in [1.165, 1.54) is 0 Å². The highest BCUT2D eigenvalue weighted by atomic mass is 32.2. The monoisotopic (exact) mass is 383 g/mol. The van der Waals surface area contributed by atoms with Gasteiger partial charge in [0, 0.05) is 25.1 Å². The van der Waals surface area contributed by atoms with Gasteiger partial charge in [0.2, 0.25) is 5.91 Å². The molecule has 0 radical (unpaired) electrons. The largest absolute Gasteiger partial charge is 0.501 e. The van der Waals surface area contributed by atoms with Gasteiger partial charge in [-0.15, -0.1) is 0 Å². The molecule has 0 atom stereocenters. The molecule has 0 saturated heterocycles. The van der Waals surface area contributed by atoms with E-state index in [0.29, 0.717) is 12.1 Å². The minimum Gasteiger partial charge on any atom is -0.379 e. The molecule has 8 nitrogen and oxygen atoms in total. The Morgan fingerprint density at radius 1 is 1.32 bits per heavy atom. The number of nitro benzene ring substituents is 1. The number of rotatable bonds is 7. The van der Waals surface area contributed by atoms with Crippen LogP contribution in [0.3, 0.4) is 0 Å². The van der Waals surface area contributed by atoms with Crippen molar-refractivity contribution < 1.29 is 31.3 Å². The van der Waals surface area contributed by atoms with Crippen LogP contribution in [0.4, 0.5) is 24.5 Å². The van der Waals surface area contributed by atoms with Crippen LogP contribution < -0.4 is 10.6 Å². The van der Waals surface area contributed by atoms with Crippen LogP contribution in [0.15, 0.2) is 23.1 Å². The van der Waals surface area contributed by atoms with Crippen molar-refractivity contribution in [3.05, 3.63) is 28.3 Å². The second kappa shape index (κ2) is 7.68. The van der Waals surface area contributed by atoms with E-state index in [1.54, 1.807) is 13.8 Å². The fourth-order valence-electron chi connectivity index (χ4n) is 1.82. The summed E-state index contributed by atoms with van der Waals surface area (Å²) in [5, 5.41) is 16.1. The maximum absolute atomic E-state index is 12.5. The van der Waals surface area contributed by atoms with Gasteiger partial charge in [0.1, 0.15) is 5.69 Å². The van der Waals surface area contributed by atoms with E-state index in [4.69, 9.17) is 0 Å². The smallest absolute Gasteiger partial charge is 0.379 e.